The Balaban J connectivity index is 1.51. The monoisotopic (exact) mass is 515 g/mol. The Morgan fingerprint density at radius 3 is 2.37 bits per heavy atom. The van der Waals surface area contributed by atoms with E-state index in [-0.39, 0.29) is 23.8 Å². The lowest BCUT2D eigenvalue weighted by molar-refractivity contribution is -0.146. The van der Waals surface area contributed by atoms with Gasteiger partial charge in [0.15, 0.2) is 17.3 Å². The van der Waals surface area contributed by atoms with E-state index in [1.54, 1.807) is 14.2 Å². The number of carbonyl (C=O) groups excluding carboxylic acids is 2. The van der Waals surface area contributed by atoms with Gasteiger partial charge in [0, 0.05) is 29.3 Å². The summed E-state index contributed by atoms with van der Waals surface area (Å²) in [5.74, 6) is 0.607. The van der Waals surface area contributed by atoms with E-state index in [1.807, 2.05) is 50.2 Å². The Bertz CT molecular complexity index is 1300. The highest BCUT2D eigenvalue weighted by molar-refractivity contribution is 6.04. The number of ketones is 1. The molecule has 1 saturated carbocycles. The van der Waals surface area contributed by atoms with Crippen molar-refractivity contribution in [2.45, 2.75) is 76.7 Å². The zero-order valence-corrected chi connectivity index (χ0v) is 22.8. The summed E-state index contributed by atoms with van der Waals surface area (Å²) in [4.78, 5) is 27.6. The van der Waals surface area contributed by atoms with Crippen molar-refractivity contribution in [1.29, 1.82) is 0 Å². The largest absolute Gasteiger partial charge is 0.493 e. The molecule has 0 unspecified atom stereocenters. The number of carbonyl (C=O) groups is 2. The van der Waals surface area contributed by atoms with Crippen molar-refractivity contribution < 1.29 is 23.8 Å². The van der Waals surface area contributed by atoms with Gasteiger partial charge in [-0.25, -0.2) is 4.79 Å². The number of benzene rings is 2. The second-order valence-electron chi connectivity index (χ2n) is 10.7. The zero-order chi connectivity index (χ0) is 26.8. The zero-order valence-electron chi connectivity index (χ0n) is 22.8. The van der Waals surface area contributed by atoms with Crippen LogP contribution < -0.4 is 14.8 Å². The lowest BCUT2D eigenvalue weighted by atomic mass is 9.71. The molecule has 0 radical (unpaired) electrons. The fraction of sp³-hybridized carbons (Fsp3) is 0.438. The average Bonchev–Trinajstić information content (AvgIpc) is 2.92. The van der Waals surface area contributed by atoms with E-state index in [4.69, 9.17) is 14.2 Å². The molecule has 5 rings (SSSR count). The molecule has 2 atom stereocenters. The van der Waals surface area contributed by atoms with Gasteiger partial charge in [0.25, 0.3) is 0 Å². The van der Waals surface area contributed by atoms with Crippen LogP contribution in [0.4, 0.5) is 0 Å². The number of dihydropyridines is 1. The van der Waals surface area contributed by atoms with Crippen molar-refractivity contribution in [3.05, 3.63) is 81.7 Å². The summed E-state index contributed by atoms with van der Waals surface area (Å²) in [6, 6.07) is 14.0. The number of esters is 1. The van der Waals surface area contributed by atoms with Gasteiger partial charge in [-0.2, -0.15) is 0 Å². The fourth-order valence-electron chi connectivity index (χ4n) is 6.23. The van der Waals surface area contributed by atoms with E-state index >= 15 is 0 Å². The van der Waals surface area contributed by atoms with Crippen molar-refractivity contribution in [3.8, 4) is 11.5 Å². The molecule has 2 aromatic rings. The summed E-state index contributed by atoms with van der Waals surface area (Å²) in [6.45, 7) is 3.96. The SMILES string of the molecule is COc1ccc([C@H]2CC(=O)C3=C(C2)NC(C)=C(C(=O)OC2CCCCC2)[C@H]3c2cccc(C)c2)cc1OC. The highest BCUT2D eigenvalue weighted by Crippen LogP contribution is 2.46. The number of hydrogen-bond donors (Lipinski definition) is 1. The average molecular weight is 516 g/mol. The number of ether oxygens (including phenoxy) is 3. The Morgan fingerprint density at radius 1 is 0.895 bits per heavy atom. The van der Waals surface area contributed by atoms with E-state index < -0.39 is 5.92 Å². The molecule has 3 aliphatic rings. The predicted octanol–water partition coefficient (Wildman–Crippen LogP) is 6.25. The smallest absolute Gasteiger partial charge is 0.337 e. The van der Waals surface area contributed by atoms with E-state index in [0.717, 1.165) is 53.8 Å². The first-order chi connectivity index (χ1) is 18.4. The highest BCUT2D eigenvalue weighted by atomic mass is 16.5. The molecular weight excluding hydrogens is 478 g/mol. The van der Waals surface area contributed by atoms with Gasteiger partial charge in [-0.3, -0.25) is 4.79 Å². The minimum Gasteiger partial charge on any atom is -0.493 e. The molecule has 0 spiro atoms. The normalized spacial score (nSPS) is 22.1. The standard InChI is InChI=1S/C32H37NO5/c1-19-9-8-10-22(15-19)30-29(32(35)38-24-11-6-5-7-12-24)20(2)33-25-16-23(17-26(34)31(25)30)21-13-14-27(36-3)28(18-21)37-4/h8-10,13-15,18,23-24,30,33H,5-7,11-12,16-17H2,1-4H3/t23-,30-/m1/s1. The van der Waals surface area contributed by atoms with E-state index in [9.17, 15) is 9.59 Å². The second kappa shape index (κ2) is 11.1. The first kappa shape index (κ1) is 26.1. The summed E-state index contributed by atoms with van der Waals surface area (Å²) in [7, 11) is 3.23. The second-order valence-corrected chi connectivity index (χ2v) is 10.7. The number of hydrogen-bond acceptors (Lipinski definition) is 6. The van der Waals surface area contributed by atoms with E-state index in [1.165, 1.54) is 6.42 Å². The van der Waals surface area contributed by atoms with Crippen molar-refractivity contribution >= 4 is 11.8 Å². The number of Topliss-reactive ketones (excluding diaryl/α,β-unsaturated/α-hetero) is 1. The Hall–Kier alpha value is -3.54. The molecule has 2 aliphatic carbocycles. The van der Waals surface area contributed by atoms with Crippen molar-refractivity contribution in [3.63, 3.8) is 0 Å². The van der Waals surface area contributed by atoms with Crippen LogP contribution in [0.2, 0.25) is 0 Å². The maximum absolute atomic E-state index is 13.9. The van der Waals surface area contributed by atoms with Gasteiger partial charge in [0.2, 0.25) is 0 Å². The predicted molar refractivity (Wildman–Crippen MR) is 146 cm³/mol. The number of methoxy groups -OCH3 is 2. The molecule has 1 fully saturated rings. The Kier molecular flexibility index (Phi) is 7.59. The third-order valence-corrected chi connectivity index (χ3v) is 8.13. The Labute approximate surface area is 225 Å². The van der Waals surface area contributed by atoms with Crippen LogP contribution in [0.15, 0.2) is 65.0 Å². The molecule has 6 nitrogen and oxygen atoms in total. The van der Waals surface area contributed by atoms with Crippen LogP contribution in [0.3, 0.4) is 0 Å². The molecule has 1 N–H and O–H groups in total. The van der Waals surface area contributed by atoms with Crippen molar-refractivity contribution in [2.75, 3.05) is 14.2 Å². The minimum absolute atomic E-state index is 0.00439. The quantitative estimate of drug-likeness (QED) is 0.459. The molecule has 0 saturated heterocycles. The maximum Gasteiger partial charge on any atom is 0.337 e. The van der Waals surface area contributed by atoms with E-state index in [0.29, 0.717) is 35.5 Å². The number of allylic oxidation sites excluding steroid dienone is 3. The fourth-order valence-corrected chi connectivity index (χ4v) is 6.23. The van der Waals surface area contributed by atoms with Gasteiger partial charge >= 0.3 is 5.97 Å². The van der Waals surface area contributed by atoms with Crippen LogP contribution in [-0.2, 0) is 14.3 Å². The lowest BCUT2D eigenvalue weighted by Gasteiger charge is -2.37. The summed E-state index contributed by atoms with van der Waals surface area (Å²) in [6.07, 6.45) is 6.14. The molecule has 1 heterocycles. The van der Waals surface area contributed by atoms with Gasteiger partial charge in [0.1, 0.15) is 6.10 Å². The first-order valence-electron chi connectivity index (χ1n) is 13.6. The third kappa shape index (κ3) is 5.09. The number of aryl methyl sites for hydroxylation is 1. The van der Waals surface area contributed by atoms with Crippen LogP contribution in [-0.4, -0.2) is 32.1 Å². The van der Waals surface area contributed by atoms with Crippen molar-refractivity contribution in [1.82, 2.24) is 5.32 Å². The summed E-state index contributed by atoms with van der Waals surface area (Å²) in [5, 5.41) is 3.46. The van der Waals surface area contributed by atoms with E-state index in [2.05, 4.69) is 11.4 Å². The minimum atomic E-state index is -0.443. The molecule has 0 bridgehead atoms. The van der Waals surface area contributed by atoms with Crippen LogP contribution in [0, 0.1) is 6.92 Å². The topological polar surface area (TPSA) is 73.9 Å². The van der Waals surface area contributed by atoms with Crippen LogP contribution in [0.5, 0.6) is 11.5 Å². The third-order valence-electron chi connectivity index (χ3n) is 8.13. The molecule has 0 aromatic heterocycles. The van der Waals surface area contributed by atoms with Gasteiger partial charge in [-0.1, -0.05) is 42.3 Å². The van der Waals surface area contributed by atoms with Gasteiger partial charge in [0.05, 0.1) is 19.8 Å². The van der Waals surface area contributed by atoms with Gasteiger partial charge in [-0.05, 0) is 75.1 Å². The molecule has 2 aromatic carbocycles. The summed E-state index contributed by atoms with van der Waals surface area (Å²) < 4.78 is 16.9. The Morgan fingerprint density at radius 2 is 1.66 bits per heavy atom. The van der Waals surface area contributed by atoms with Gasteiger partial charge in [-0.15, -0.1) is 0 Å². The first-order valence-corrected chi connectivity index (χ1v) is 13.6. The number of nitrogens with one attached hydrogen (secondary N) is 1. The molecule has 38 heavy (non-hydrogen) atoms. The molecular formula is C32H37NO5. The molecule has 6 heteroatoms. The van der Waals surface area contributed by atoms with Gasteiger partial charge < -0.3 is 19.5 Å². The summed E-state index contributed by atoms with van der Waals surface area (Å²) >= 11 is 0. The molecule has 1 aliphatic heterocycles. The number of rotatable bonds is 6. The molecule has 200 valence electrons. The lowest BCUT2D eigenvalue weighted by Crippen LogP contribution is -2.37. The highest BCUT2D eigenvalue weighted by Gasteiger charge is 2.42. The van der Waals surface area contributed by atoms with Crippen molar-refractivity contribution in [2.24, 2.45) is 0 Å². The maximum atomic E-state index is 13.9. The van der Waals surface area contributed by atoms with Crippen LogP contribution in [0.25, 0.3) is 0 Å². The van der Waals surface area contributed by atoms with Crippen LogP contribution >= 0.6 is 0 Å². The molecule has 0 amide bonds. The van der Waals surface area contributed by atoms with Crippen LogP contribution in [0.1, 0.15) is 80.4 Å². The summed E-state index contributed by atoms with van der Waals surface area (Å²) in [5.41, 5.74) is 5.96.